The highest BCUT2D eigenvalue weighted by Crippen LogP contribution is 2.25. The average molecular weight is 624 g/mol. The highest BCUT2D eigenvalue weighted by atomic mass is 79.9. The predicted molar refractivity (Wildman–Crippen MR) is 140 cm³/mol. The summed E-state index contributed by atoms with van der Waals surface area (Å²) < 4.78 is 28.4. The van der Waals surface area contributed by atoms with Crippen molar-refractivity contribution in [2.24, 2.45) is 5.10 Å². The Morgan fingerprint density at radius 1 is 0.941 bits per heavy atom. The van der Waals surface area contributed by atoms with E-state index in [4.69, 9.17) is 46.4 Å². The Hall–Kier alpha value is -1.65. The summed E-state index contributed by atoms with van der Waals surface area (Å²) in [6.07, 6.45) is 1.34. The van der Waals surface area contributed by atoms with E-state index in [-0.39, 0.29) is 16.5 Å². The third-order valence-electron chi connectivity index (χ3n) is 4.47. The van der Waals surface area contributed by atoms with E-state index in [1.165, 1.54) is 24.4 Å². The maximum Gasteiger partial charge on any atom is 0.255 e. The summed E-state index contributed by atoms with van der Waals surface area (Å²) in [4.78, 5) is 12.6. The standard InChI is InChI=1S/C22H16BrCl4N3O3S/c23-16-3-6-18(7-4-16)34(32,33)30(12-14-1-8-19(25)21(27)9-14)13-22(31)29-28-11-15-2-5-17(24)10-20(15)26/h1-11H,12-13H2,(H,29,31)/b28-11+. The van der Waals surface area contributed by atoms with Crippen LogP contribution in [0.4, 0.5) is 0 Å². The molecular weight excluding hydrogens is 608 g/mol. The lowest BCUT2D eigenvalue weighted by Crippen LogP contribution is -2.39. The second-order valence-electron chi connectivity index (χ2n) is 6.93. The van der Waals surface area contributed by atoms with Crippen molar-refractivity contribution in [1.29, 1.82) is 0 Å². The first-order valence-electron chi connectivity index (χ1n) is 9.53. The number of hydrogen-bond acceptors (Lipinski definition) is 4. The maximum atomic E-state index is 13.3. The molecular formula is C22H16BrCl4N3O3S. The van der Waals surface area contributed by atoms with Gasteiger partial charge in [-0.2, -0.15) is 9.41 Å². The molecule has 0 saturated carbocycles. The van der Waals surface area contributed by atoms with Gasteiger partial charge in [0.05, 0.1) is 32.7 Å². The number of nitrogens with one attached hydrogen (secondary N) is 1. The summed E-state index contributed by atoms with van der Waals surface area (Å²) in [7, 11) is -4.03. The minimum Gasteiger partial charge on any atom is -0.272 e. The maximum absolute atomic E-state index is 13.3. The molecule has 0 fully saturated rings. The number of carbonyl (C=O) groups is 1. The molecule has 1 amide bonds. The van der Waals surface area contributed by atoms with Crippen molar-refractivity contribution in [2.45, 2.75) is 11.4 Å². The summed E-state index contributed by atoms with van der Waals surface area (Å²) in [5.41, 5.74) is 3.40. The number of sulfonamides is 1. The fourth-order valence-electron chi connectivity index (χ4n) is 2.80. The molecule has 178 valence electrons. The topological polar surface area (TPSA) is 78.8 Å². The van der Waals surface area contributed by atoms with Gasteiger partial charge < -0.3 is 0 Å². The molecule has 0 heterocycles. The first-order chi connectivity index (χ1) is 16.1. The molecule has 3 rings (SSSR count). The molecule has 6 nitrogen and oxygen atoms in total. The first kappa shape index (κ1) is 26.9. The normalized spacial score (nSPS) is 11.8. The van der Waals surface area contributed by atoms with Crippen LogP contribution >= 0.6 is 62.3 Å². The Kier molecular flexibility index (Phi) is 9.40. The van der Waals surface area contributed by atoms with Gasteiger partial charge in [0, 0.05) is 21.6 Å². The van der Waals surface area contributed by atoms with Gasteiger partial charge in [-0.1, -0.05) is 74.5 Å². The number of hydrogen-bond donors (Lipinski definition) is 1. The monoisotopic (exact) mass is 621 g/mol. The van der Waals surface area contributed by atoms with Gasteiger partial charge in [0.2, 0.25) is 10.0 Å². The van der Waals surface area contributed by atoms with Crippen LogP contribution in [0.5, 0.6) is 0 Å². The molecule has 0 unspecified atom stereocenters. The number of benzene rings is 3. The zero-order valence-corrected chi connectivity index (χ0v) is 22.6. The van der Waals surface area contributed by atoms with Gasteiger partial charge in [0.25, 0.3) is 5.91 Å². The lowest BCUT2D eigenvalue weighted by atomic mass is 10.2. The summed E-state index contributed by atoms with van der Waals surface area (Å²) in [5, 5.41) is 5.28. The molecule has 3 aromatic rings. The van der Waals surface area contributed by atoms with E-state index < -0.39 is 22.5 Å². The Morgan fingerprint density at radius 3 is 2.29 bits per heavy atom. The van der Waals surface area contributed by atoms with Crippen LogP contribution in [0.1, 0.15) is 11.1 Å². The molecule has 3 aromatic carbocycles. The van der Waals surface area contributed by atoms with Gasteiger partial charge >= 0.3 is 0 Å². The Labute approximate surface area is 225 Å². The SMILES string of the molecule is O=C(CN(Cc1ccc(Cl)c(Cl)c1)S(=O)(=O)c1ccc(Br)cc1)N/N=C/c1ccc(Cl)cc1Cl. The van der Waals surface area contributed by atoms with Crippen LogP contribution in [-0.2, 0) is 21.4 Å². The summed E-state index contributed by atoms with van der Waals surface area (Å²) in [6, 6.07) is 15.6. The molecule has 1 N–H and O–H groups in total. The number of carbonyl (C=O) groups excluding carboxylic acids is 1. The van der Waals surface area contributed by atoms with Crippen molar-refractivity contribution < 1.29 is 13.2 Å². The van der Waals surface area contributed by atoms with Crippen LogP contribution in [0.3, 0.4) is 0 Å². The Bertz CT molecular complexity index is 1340. The van der Waals surface area contributed by atoms with Crippen molar-refractivity contribution in [1.82, 2.24) is 9.73 Å². The van der Waals surface area contributed by atoms with Gasteiger partial charge in [-0.3, -0.25) is 4.79 Å². The fourth-order valence-corrected chi connectivity index (χ4v) is 5.23. The van der Waals surface area contributed by atoms with Crippen molar-refractivity contribution in [2.75, 3.05) is 6.54 Å². The minimum absolute atomic E-state index is 0.0278. The molecule has 0 spiro atoms. The molecule has 34 heavy (non-hydrogen) atoms. The van der Waals surface area contributed by atoms with Crippen molar-refractivity contribution >= 4 is 84.5 Å². The van der Waals surface area contributed by atoms with Gasteiger partial charge in [-0.15, -0.1) is 0 Å². The van der Waals surface area contributed by atoms with E-state index >= 15 is 0 Å². The van der Waals surface area contributed by atoms with E-state index in [2.05, 4.69) is 26.5 Å². The number of hydrazone groups is 1. The first-order valence-corrected chi connectivity index (χ1v) is 13.3. The van der Waals surface area contributed by atoms with Crippen LogP contribution < -0.4 is 5.43 Å². The Morgan fingerprint density at radius 2 is 1.65 bits per heavy atom. The molecule has 0 aliphatic rings. The molecule has 0 bridgehead atoms. The predicted octanol–water partition coefficient (Wildman–Crippen LogP) is 6.40. The number of nitrogens with zero attached hydrogens (tertiary/aromatic N) is 2. The molecule has 0 aromatic heterocycles. The fraction of sp³-hybridized carbons (Fsp3) is 0.0909. The van der Waals surface area contributed by atoms with Crippen molar-refractivity contribution in [3.05, 3.63) is 96.4 Å². The lowest BCUT2D eigenvalue weighted by molar-refractivity contribution is -0.121. The van der Waals surface area contributed by atoms with Gasteiger partial charge in [0.15, 0.2) is 0 Å². The van der Waals surface area contributed by atoms with Crippen molar-refractivity contribution in [3.63, 3.8) is 0 Å². The quantitative estimate of drug-likeness (QED) is 0.233. The third-order valence-corrected chi connectivity index (χ3v) is 8.11. The second-order valence-corrected chi connectivity index (χ2v) is 11.4. The number of rotatable bonds is 8. The second kappa shape index (κ2) is 11.9. The molecule has 0 aliphatic carbocycles. The van der Waals surface area contributed by atoms with Crippen LogP contribution in [0, 0.1) is 0 Å². The van der Waals surface area contributed by atoms with E-state index in [9.17, 15) is 13.2 Å². The van der Waals surface area contributed by atoms with E-state index in [1.54, 1.807) is 42.5 Å². The van der Waals surface area contributed by atoms with Gasteiger partial charge in [0.1, 0.15) is 0 Å². The molecule has 0 saturated heterocycles. The van der Waals surface area contributed by atoms with Gasteiger partial charge in [-0.25, -0.2) is 13.8 Å². The largest absolute Gasteiger partial charge is 0.272 e. The van der Waals surface area contributed by atoms with Gasteiger partial charge in [-0.05, 0) is 54.1 Å². The van der Waals surface area contributed by atoms with E-state index in [1.807, 2.05) is 0 Å². The summed E-state index contributed by atoms with van der Waals surface area (Å²) in [5.74, 6) is -0.651. The van der Waals surface area contributed by atoms with E-state index in [0.717, 1.165) is 8.78 Å². The summed E-state index contributed by atoms with van der Waals surface area (Å²) >= 11 is 27.3. The smallest absolute Gasteiger partial charge is 0.255 e. The lowest BCUT2D eigenvalue weighted by Gasteiger charge is -2.22. The number of amides is 1. The molecule has 0 radical (unpaired) electrons. The van der Waals surface area contributed by atoms with Crippen LogP contribution in [0.2, 0.25) is 20.1 Å². The van der Waals surface area contributed by atoms with Crippen LogP contribution in [0.15, 0.2) is 75.1 Å². The molecule has 0 aliphatic heterocycles. The third kappa shape index (κ3) is 7.18. The summed E-state index contributed by atoms with van der Waals surface area (Å²) in [6.45, 7) is -0.611. The van der Waals surface area contributed by atoms with Crippen LogP contribution in [0.25, 0.3) is 0 Å². The molecule has 12 heteroatoms. The Balaban J connectivity index is 1.82. The molecule has 0 atom stereocenters. The highest BCUT2D eigenvalue weighted by Gasteiger charge is 2.27. The minimum atomic E-state index is -4.03. The van der Waals surface area contributed by atoms with Crippen LogP contribution in [-0.4, -0.2) is 31.4 Å². The number of halogens is 5. The highest BCUT2D eigenvalue weighted by molar-refractivity contribution is 9.10. The van der Waals surface area contributed by atoms with Crippen molar-refractivity contribution in [3.8, 4) is 0 Å². The zero-order chi connectivity index (χ0) is 24.9. The average Bonchev–Trinajstić information content (AvgIpc) is 2.77. The zero-order valence-electron chi connectivity index (χ0n) is 17.2. The van der Waals surface area contributed by atoms with E-state index in [0.29, 0.717) is 26.2 Å².